The highest BCUT2D eigenvalue weighted by Crippen LogP contribution is 2.01. The fourth-order valence-corrected chi connectivity index (χ4v) is 0.607. The summed E-state index contributed by atoms with van der Waals surface area (Å²) in [5, 5.41) is 4.08. The summed E-state index contributed by atoms with van der Waals surface area (Å²) in [7, 11) is 0. The van der Waals surface area contributed by atoms with Crippen molar-refractivity contribution in [2.45, 2.75) is 13.8 Å². The van der Waals surface area contributed by atoms with Gasteiger partial charge in [0.25, 0.3) is 0 Å². The molecule has 0 unspecified atom stereocenters. The molecule has 0 amide bonds. The summed E-state index contributed by atoms with van der Waals surface area (Å²) in [6.07, 6.45) is 4.04. The number of thioether (sulfide) groups is 1. The fourth-order valence-electron chi connectivity index (χ4n) is 0.202. The van der Waals surface area contributed by atoms with E-state index in [1.165, 1.54) is 0 Å². The van der Waals surface area contributed by atoms with E-state index in [2.05, 4.69) is 0 Å². The molecule has 0 aromatic rings. The molecule has 0 aliphatic rings. The van der Waals surface area contributed by atoms with Crippen LogP contribution in [0.15, 0.2) is 23.0 Å². The van der Waals surface area contributed by atoms with E-state index in [1.54, 1.807) is 11.8 Å². The van der Waals surface area contributed by atoms with Gasteiger partial charge in [0.05, 0.1) is 0 Å². The molecule has 7 heavy (non-hydrogen) atoms. The van der Waals surface area contributed by atoms with Gasteiger partial charge in [-0.05, 0) is 24.7 Å². The van der Waals surface area contributed by atoms with Gasteiger partial charge in [0.2, 0.25) is 0 Å². The average Bonchev–Trinajstić information content (AvgIpc) is 1.69. The molecule has 0 spiro atoms. The van der Waals surface area contributed by atoms with Gasteiger partial charge in [0.1, 0.15) is 0 Å². The van der Waals surface area contributed by atoms with Crippen LogP contribution in [0.1, 0.15) is 13.8 Å². The molecule has 0 aromatic carbocycles. The van der Waals surface area contributed by atoms with Gasteiger partial charge in [-0.15, -0.1) is 11.8 Å². The maximum absolute atomic E-state index is 2.04. The Balaban J connectivity index is 2.98. The Morgan fingerprint density at radius 1 is 1.00 bits per heavy atom. The third-order valence-electron chi connectivity index (χ3n) is 0.429. The number of rotatable bonds is 2. The molecule has 0 heterocycles. The van der Waals surface area contributed by atoms with Crippen LogP contribution in [-0.4, -0.2) is 0 Å². The van der Waals surface area contributed by atoms with Crippen LogP contribution >= 0.6 is 11.8 Å². The van der Waals surface area contributed by atoms with Gasteiger partial charge in [-0.2, -0.15) is 0 Å². The van der Waals surface area contributed by atoms with E-state index in [4.69, 9.17) is 0 Å². The molecular formula is C6H10S. The Labute approximate surface area is 49.3 Å². The molecule has 0 radical (unpaired) electrons. The number of allylic oxidation sites excluding steroid dienone is 2. The Hall–Kier alpha value is -0.170. The predicted molar refractivity (Wildman–Crippen MR) is 37.2 cm³/mol. The van der Waals surface area contributed by atoms with Crippen LogP contribution in [0.4, 0.5) is 0 Å². The maximum atomic E-state index is 2.04. The Morgan fingerprint density at radius 2 is 1.43 bits per heavy atom. The van der Waals surface area contributed by atoms with Crippen molar-refractivity contribution in [1.29, 1.82) is 0 Å². The third-order valence-corrected chi connectivity index (χ3v) is 1.29. The Kier molecular flexibility index (Phi) is 5.69. The quantitative estimate of drug-likeness (QED) is 0.532. The van der Waals surface area contributed by atoms with E-state index in [0.717, 1.165) is 0 Å². The normalized spacial score (nSPS) is 11.7. The fraction of sp³-hybridized carbons (Fsp3) is 0.333. The number of hydrogen-bond acceptors (Lipinski definition) is 1. The summed E-state index contributed by atoms with van der Waals surface area (Å²) in [6.45, 7) is 4.02. The van der Waals surface area contributed by atoms with Gasteiger partial charge in [0.15, 0.2) is 0 Å². The summed E-state index contributed by atoms with van der Waals surface area (Å²) in [4.78, 5) is 0. The molecule has 0 saturated heterocycles. The molecule has 40 valence electrons. The minimum absolute atomic E-state index is 1.69. The summed E-state index contributed by atoms with van der Waals surface area (Å²) in [5.74, 6) is 0. The first-order chi connectivity index (χ1) is 3.41. The molecule has 1 heteroatoms. The molecule has 0 nitrogen and oxygen atoms in total. The molecule has 0 fully saturated rings. The van der Waals surface area contributed by atoms with Crippen molar-refractivity contribution in [2.24, 2.45) is 0 Å². The molecule has 0 aromatic heterocycles. The molecule has 0 N–H and O–H groups in total. The van der Waals surface area contributed by atoms with Crippen molar-refractivity contribution < 1.29 is 0 Å². The zero-order valence-electron chi connectivity index (χ0n) is 4.72. The summed E-state index contributed by atoms with van der Waals surface area (Å²) in [5.41, 5.74) is 0. The van der Waals surface area contributed by atoms with Crippen molar-refractivity contribution in [2.75, 3.05) is 0 Å². The van der Waals surface area contributed by atoms with Crippen LogP contribution in [0.2, 0.25) is 0 Å². The molecule has 0 rings (SSSR count). The average molecular weight is 114 g/mol. The van der Waals surface area contributed by atoms with Crippen LogP contribution in [0.25, 0.3) is 0 Å². The van der Waals surface area contributed by atoms with Gasteiger partial charge in [-0.1, -0.05) is 12.2 Å². The molecular weight excluding hydrogens is 104 g/mol. The molecule has 0 atom stereocenters. The molecule has 0 bridgehead atoms. The summed E-state index contributed by atoms with van der Waals surface area (Å²) >= 11 is 1.69. The Bertz CT molecular complexity index is 62.2. The van der Waals surface area contributed by atoms with Gasteiger partial charge >= 0.3 is 0 Å². The van der Waals surface area contributed by atoms with Crippen molar-refractivity contribution in [3.8, 4) is 0 Å². The van der Waals surface area contributed by atoms with Crippen LogP contribution < -0.4 is 0 Å². The minimum Gasteiger partial charge on any atom is -0.107 e. The highest BCUT2D eigenvalue weighted by atomic mass is 32.2. The van der Waals surface area contributed by atoms with Crippen molar-refractivity contribution in [3.05, 3.63) is 23.0 Å². The van der Waals surface area contributed by atoms with Crippen molar-refractivity contribution >= 4 is 11.8 Å². The second kappa shape index (κ2) is 5.83. The lowest BCUT2D eigenvalue weighted by Gasteiger charge is -1.73. The number of hydrogen-bond donors (Lipinski definition) is 0. The highest BCUT2D eigenvalue weighted by Gasteiger charge is 1.61. The molecule has 0 aliphatic heterocycles. The van der Waals surface area contributed by atoms with E-state index in [0.29, 0.717) is 0 Å². The summed E-state index contributed by atoms with van der Waals surface area (Å²) in [6, 6.07) is 0. The van der Waals surface area contributed by atoms with E-state index in [-0.39, 0.29) is 0 Å². The monoisotopic (exact) mass is 114 g/mol. The standard InChI is InChI=1S/C6H10S/c1-3-5-7-6-4-2/h3-6H,1-2H3/b5-3-,6-4-. The Morgan fingerprint density at radius 3 is 1.71 bits per heavy atom. The maximum Gasteiger partial charge on any atom is -0.0291 e. The van der Waals surface area contributed by atoms with Crippen LogP contribution in [-0.2, 0) is 0 Å². The lowest BCUT2D eigenvalue weighted by atomic mass is 10.8. The van der Waals surface area contributed by atoms with Crippen LogP contribution in [0.5, 0.6) is 0 Å². The van der Waals surface area contributed by atoms with Gasteiger partial charge in [-0.25, -0.2) is 0 Å². The van der Waals surface area contributed by atoms with E-state index in [1.807, 2.05) is 36.8 Å². The lowest BCUT2D eigenvalue weighted by molar-refractivity contribution is 1.78. The molecule has 0 aliphatic carbocycles. The first kappa shape index (κ1) is 6.83. The van der Waals surface area contributed by atoms with Crippen LogP contribution in [0, 0.1) is 0 Å². The second-order valence-electron chi connectivity index (χ2n) is 1.07. The van der Waals surface area contributed by atoms with Gasteiger partial charge in [0, 0.05) is 0 Å². The van der Waals surface area contributed by atoms with Crippen LogP contribution in [0.3, 0.4) is 0 Å². The van der Waals surface area contributed by atoms with Gasteiger partial charge < -0.3 is 0 Å². The molecule has 0 saturated carbocycles. The summed E-state index contributed by atoms with van der Waals surface area (Å²) < 4.78 is 0. The second-order valence-corrected chi connectivity index (χ2v) is 1.89. The zero-order valence-corrected chi connectivity index (χ0v) is 5.53. The van der Waals surface area contributed by atoms with Crippen molar-refractivity contribution in [1.82, 2.24) is 0 Å². The van der Waals surface area contributed by atoms with Crippen molar-refractivity contribution in [3.63, 3.8) is 0 Å². The third kappa shape index (κ3) is 5.83. The first-order valence-electron chi connectivity index (χ1n) is 2.29. The van der Waals surface area contributed by atoms with Gasteiger partial charge in [-0.3, -0.25) is 0 Å². The topological polar surface area (TPSA) is 0 Å². The SMILES string of the molecule is C/C=C\S/C=C\C. The largest absolute Gasteiger partial charge is 0.107 e. The lowest BCUT2D eigenvalue weighted by Crippen LogP contribution is -1.39. The van der Waals surface area contributed by atoms with E-state index in [9.17, 15) is 0 Å². The van der Waals surface area contributed by atoms with E-state index < -0.39 is 0 Å². The zero-order chi connectivity index (χ0) is 5.54. The minimum atomic E-state index is 1.69. The highest BCUT2D eigenvalue weighted by molar-refractivity contribution is 8.04. The first-order valence-corrected chi connectivity index (χ1v) is 3.24. The smallest absolute Gasteiger partial charge is 0.0291 e. The predicted octanol–water partition coefficient (Wildman–Crippen LogP) is 2.79. The van der Waals surface area contributed by atoms with E-state index >= 15 is 0 Å².